The Kier molecular flexibility index (Phi) is 9.32. The van der Waals surface area contributed by atoms with Gasteiger partial charge in [0.05, 0.1) is 0 Å². The summed E-state index contributed by atoms with van der Waals surface area (Å²) in [5.74, 6) is 0. The van der Waals surface area contributed by atoms with Gasteiger partial charge < -0.3 is 5.32 Å². The average molecular weight is 728 g/mol. The van der Waals surface area contributed by atoms with Crippen LogP contribution in [0.5, 0.6) is 0 Å². The second-order valence-electron chi connectivity index (χ2n) is 15.3. The summed E-state index contributed by atoms with van der Waals surface area (Å²) in [4.78, 5) is 0. The van der Waals surface area contributed by atoms with E-state index in [4.69, 9.17) is 86.3 Å². The number of benzene rings is 7. The minimum Gasteiger partial charge on any atom is -0.356 e. The largest absolute Gasteiger partial charge is 0.356 e. The molecule has 22 radical (unpaired) electrons. The van der Waals surface area contributed by atoms with Crippen molar-refractivity contribution in [2.45, 2.75) is 19.3 Å². The van der Waals surface area contributed by atoms with Gasteiger partial charge in [-0.2, -0.15) is 0 Å². The third kappa shape index (κ3) is 5.45. The van der Waals surface area contributed by atoms with Crippen LogP contribution < -0.4 is 65.4 Å². The summed E-state index contributed by atoms with van der Waals surface area (Å²) in [5.41, 5.74) is 8.98. The standard InChI is InChI=1S/C45H22B11NS/c1-45(2)30-26(27(32(46)38(52)36(30)50)29-34(48)39(53)41(55)40(54)35(29)49)28-31(45)37(51)43(42(56)33(28)47)57-23-16-9-13-20(25(23)18-10-4-3-5-11-18)22-15-8-14-21-19-12-6-7-17-24(19)58-44(21)22/h3-17,57H,1-2H3. The van der Waals surface area contributed by atoms with Crippen LogP contribution in [0.1, 0.15) is 25.0 Å². The van der Waals surface area contributed by atoms with Crippen LogP contribution in [0, 0.1) is 0 Å². The Bertz CT molecular complexity index is 3050. The monoisotopic (exact) mass is 729 g/mol. The van der Waals surface area contributed by atoms with E-state index in [1.165, 1.54) is 20.2 Å². The van der Waals surface area contributed by atoms with Crippen LogP contribution in [-0.4, -0.2) is 86.3 Å². The van der Waals surface area contributed by atoms with Gasteiger partial charge in [0.25, 0.3) is 0 Å². The third-order valence-corrected chi connectivity index (χ3v) is 13.0. The predicted octanol–water partition coefficient (Wildman–Crippen LogP) is -0.163. The maximum absolute atomic E-state index is 7.30. The first-order chi connectivity index (χ1) is 27.7. The summed E-state index contributed by atoms with van der Waals surface area (Å²) in [6.07, 6.45) is 0. The smallest absolute Gasteiger partial charge is 0.117 e. The lowest BCUT2D eigenvalue weighted by Gasteiger charge is -2.31. The first-order valence-corrected chi connectivity index (χ1v) is 19.4. The maximum Gasteiger partial charge on any atom is 0.117 e. The third-order valence-electron chi connectivity index (χ3n) is 11.8. The Morgan fingerprint density at radius 1 is 0.414 bits per heavy atom. The summed E-state index contributed by atoms with van der Waals surface area (Å²) >= 11 is 1.78. The van der Waals surface area contributed by atoms with Crippen molar-refractivity contribution in [3.8, 4) is 44.5 Å². The molecule has 1 N–H and O–H groups in total. The van der Waals surface area contributed by atoms with E-state index in [1.54, 1.807) is 11.3 Å². The molecule has 7 aromatic carbocycles. The Balaban J connectivity index is 1.30. The molecule has 0 unspecified atom stereocenters. The quantitative estimate of drug-likeness (QED) is 0.244. The molecule has 0 fully saturated rings. The average Bonchev–Trinajstić information content (AvgIpc) is 3.72. The van der Waals surface area contributed by atoms with E-state index in [0.29, 0.717) is 39.0 Å². The lowest BCUT2D eigenvalue weighted by Crippen LogP contribution is -2.56. The van der Waals surface area contributed by atoms with Crippen molar-refractivity contribution in [3.05, 3.63) is 102 Å². The highest BCUT2D eigenvalue weighted by atomic mass is 32.1. The van der Waals surface area contributed by atoms with Crippen molar-refractivity contribution in [1.29, 1.82) is 0 Å². The highest BCUT2D eigenvalue weighted by molar-refractivity contribution is 7.26. The van der Waals surface area contributed by atoms with Crippen molar-refractivity contribution in [3.63, 3.8) is 0 Å². The molecule has 0 bridgehead atoms. The van der Waals surface area contributed by atoms with Crippen molar-refractivity contribution < 1.29 is 0 Å². The SMILES string of the molecule is [B]c1c([B])c([B])c(-c2c([B])c([B])c([B])c3c2-c2c([B])c([B])c(Nc4cccc(-c5cccc6c5sc5ccccc56)c4-c4ccccc4)c([B])c2C3(C)C)c([B])c1[B]. The fourth-order valence-corrected chi connectivity index (χ4v) is 10.2. The number of fused-ring (bicyclic) bond motifs is 6. The molecule has 0 saturated carbocycles. The molecule has 1 aliphatic rings. The van der Waals surface area contributed by atoms with Gasteiger partial charge in [-0.3, -0.25) is 0 Å². The van der Waals surface area contributed by atoms with Gasteiger partial charge in [0, 0.05) is 48.1 Å². The second kappa shape index (κ2) is 13.9. The van der Waals surface area contributed by atoms with Crippen molar-refractivity contribution >= 4 is 189 Å². The normalized spacial score (nSPS) is 12.9. The molecule has 0 amide bonds. The molecule has 1 heterocycles. The number of nitrogens with one attached hydrogen (secondary N) is 1. The van der Waals surface area contributed by atoms with Crippen LogP contribution in [0.4, 0.5) is 11.4 Å². The van der Waals surface area contributed by atoms with E-state index in [9.17, 15) is 0 Å². The zero-order valence-corrected chi connectivity index (χ0v) is 32.7. The first-order valence-electron chi connectivity index (χ1n) is 18.6. The van der Waals surface area contributed by atoms with Crippen molar-refractivity contribution in [2.75, 3.05) is 5.32 Å². The maximum atomic E-state index is 7.30. The molecule has 0 aliphatic heterocycles. The summed E-state index contributed by atoms with van der Waals surface area (Å²) in [6, 6.07) is 31.3. The topological polar surface area (TPSA) is 12.0 Å². The van der Waals surface area contributed by atoms with Crippen LogP contribution in [0.25, 0.3) is 64.7 Å². The van der Waals surface area contributed by atoms with E-state index in [2.05, 4.69) is 66.0 Å². The molecular weight excluding hydrogens is 706 g/mol. The fraction of sp³-hybridized carbons (Fsp3) is 0.0667. The number of hydrogen-bond donors (Lipinski definition) is 1. The van der Waals surface area contributed by atoms with E-state index in [0.717, 1.165) is 27.9 Å². The van der Waals surface area contributed by atoms with Crippen LogP contribution in [0.3, 0.4) is 0 Å². The molecule has 246 valence electrons. The Hall–Kier alpha value is -4.73. The second-order valence-corrected chi connectivity index (χ2v) is 16.4. The molecule has 1 aromatic heterocycles. The lowest BCUT2D eigenvalue weighted by atomic mass is 9.57. The van der Waals surface area contributed by atoms with Gasteiger partial charge in [0.1, 0.15) is 86.3 Å². The molecule has 13 heteroatoms. The Morgan fingerprint density at radius 2 is 0.948 bits per heavy atom. The predicted molar refractivity (Wildman–Crippen MR) is 262 cm³/mol. The summed E-state index contributed by atoms with van der Waals surface area (Å²) in [5, 5.41) is 6.08. The molecule has 58 heavy (non-hydrogen) atoms. The highest BCUT2D eigenvalue weighted by Crippen LogP contribution is 2.50. The molecule has 8 aromatic rings. The molecule has 1 nitrogen and oxygen atoms in total. The van der Waals surface area contributed by atoms with Gasteiger partial charge in [-0.05, 0) is 56.6 Å². The van der Waals surface area contributed by atoms with Gasteiger partial charge >= 0.3 is 0 Å². The van der Waals surface area contributed by atoms with E-state index in [-0.39, 0.29) is 60.2 Å². The molecule has 1 aliphatic carbocycles. The molecule has 0 atom stereocenters. The van der Waals surface area contributed by atoms with Gasteiger partial charge in [0.15, 0.2) is 0 Å². The summed E-state index contributed by atoms with van der Waals surface area (Å²) in [6.45, 7) is 3.98. The summed E-state index contributed by atoms with van der Waals surface area (Å²) < 4.78 is 2.41. The number of rotatable bonds is 5. The first kappa shape index (κ1) is 38.8. The Labute approximate surface area is 358 Å². The lowest BCUT2D eigenvalue weighted by molar-refractivity contribution is 0.669. The zero-order chi connectivity index (χ0) is 41.1. The van der Waals surface area contributed by atoms with Gasteiger partial charge in [0.2, 0.25) is 0 Å². The molecule has 0 spiro atoms. The van der Waals surface area contributed by atoms with Crippen LogP contribution in [0.2, 0.25) is 0 Å². The molecule has 9 rings (SSSR count). The van der Waals surface area contributed by atoms with Gasteiger partial charge in [-0.1, -0.05) is 131 Å². The number of anilines is 2. The van der Waals surface area contributed by atoms with E-state index >= 15 is 0 Å². The van der Waals surface area contributed by atoms with E-state index < -0.39 is 5.41 Å². The van der Waals surface area contributed by atoms with Crippen LogP contribution in [0.15, 0.2) is 91.0 Å². The Morgan fingerprint density at radius 3 is 1.66 bits per heavy atom. The van der Waals surface area contributed by atoms with Gasteiger partial charge in [-0.25, -0.2) is 0 Å². The summed E-state index contributed by atoms with van der Waals surface area (Å²) in [7, 11) is 74.0. The number of hydrogen-bond acceptors (Lipinski definition) is 2. The van der Waals surface area contributed by atoms with Crippen molar-refractivity contribution in [1.82, 2.24) is 0 Å². The molecule has 0 saturated heterocycles. The van der Waals surface area contributed by atoms with Gasteiger partial charge in [-0.15, -0.1) is 33.2 Å². The highest BCUT2D eigenvalue weighted by Gasteiger charge is 2.42. The van der Waals surface area contributed by atoms with Crippen molar-refractivity contribution in [2.24, 2.45) is 0 Å². The minimum atomic E-state index is -0.886. The fourth-order valence-electron chi connectivity index (χ4n) is 8.95. The van der Waals surface area contributed by atoms with Crippen LogP contribution in [-0.2, 0) is 5.41 Å². The zero-order valence-electron chi connectivity index (χ0n) is 31.9. The number of thiophene rings is 1. The van der Waals surface area contributed by atoms with Crippen LogP contribution >= 0.6 is 11.3 Å². The molecular formula is C45H22B11NS. The van der Waals surface area contributed by atoms with E-state index in [1.807, 2.05) is 44.2 Å². The minimum absolute atomic E-state index is 0.0503.